The van der Waals surface area contributed by atoms with Crippen molar-refractivity contribution >= 4 is 24.2 Å². The molecule has 38 heavy (non-hydrogen) atoms. The van der Waals surface area contributed by atoms with Crippen LogP contribution >= 0.6 is 0 Å². The molecular formula is C28H37NO9. The van der Waals surface area contributed by atoms with E-state index in [0.717, 1.165) is 0 Å². The summed E-state index contributed by atoms with van der Waals surface area (Å²) in [5, 5.41) is 11.5. The van der Waals surface area contributed by atoms with E-state index in [1.54, 1.807) is 13.1 Å². The third-order valence-corrected chi connectivity index (χ3v) is 8.96. The Balaban J connectivity index is 2.01. The Hall–Kier alpha value is -3.14. The van der Waals surface area contributed by atoms with Crippen molar-refractivity contribution in [2.24, 2.45) is 16.7 Å². The second-order valence-electron chi connectivity index (χ2n) is 10.9. The summed E-state index contributed by atoms with van der Waals surface area (Å²) in [6.07, 6.45) is 0.732. The van der Waals surface area contributed by atoms with Crippen LogP contribution in [0.4, 0.5) is 0 Å². The first-order valence-corrected chi connectivity index (χ1v) is 13.1. The number of carbonyl (C=O) groups is 4. The molecule has 1 heterocycles. The molecule has 208 valence electrons. The molecule has 0 aromatic carbocycles. The zero-order valence-corrected chi connectivity index (χ0v) is 22.9. The van der Waals surface area contributed by atoms with Gasteiger partial charge in [-0.25, -0.2) is 4.79 Å². The van der Waals surface area contributed by atoms with Crippen LogP contribution in [0.5, 0.6) is 0 Å². The number of fused-ring (bicyclic) bond motifs is 4. The average Bonchev–Trinajstić information content (AvgIpc) is 3.18. The van der Waals surface area contributed by atoms with Gasteiger partial charge in [0.2, 0.25) is 5.78 Å². The Labute approximate surface area is 222 Å². The summed E-state index contributed by atoms with van der Waals surface area (Å²) >= 11 is 0. The van der Waals surface area contributed by atoms with Crippen molar-refractivity contribution in [3.05, 3.63) is 34.3 Å². The van der Waals surface area contributed by atoms with Gasteiger partial charge in [-0.2, -0.15) is 0 Å². The Kier molecular flexibility index (Phi) is 7.49. The fourth-order valence-electron chi connectivity index (χ4n) is 7.13. The number of aliphatic hydroxyl groups excluding tert-OH is 1. The Morgan fingerprint density at radius 3 is 2.47 bits per heavy atom. The molecule has 0 aromatic rings. The van der Waals surface area contributed by atoms with E-state index in [9.17, 15) is 24.3 Å². The molecule has 0 radical (unpaired) electrons. The van der Waals surface area contributed by atoms with E-state index >= 15 is 0 Å². The smallest absolute Gasteiger partial charge is 0.340 e. The van der Waals surface area contributed by atoms with Crippen molar-refractivity contribution in [2.75, 3.05) is 26.8 Å². The van der Waals surface area contributed by atoms with E-state index in [0.29, 0.717) is 50.0 Å². The number of Topliss-reactive ketones (excluding diaryl/α,β-unsaturated/α-hetero) is 1. The van der Waals surface area contributed by atoms with Gasteiger partial charge in [-0.1, -0.05) is 6.92 Å². The van der Waals surface area contributed by atoms with Gasteiger partial charge in [-0.05, 0) is 51.5 Å². The standard InChI is InChI=1S/C28H37NO9/c1-7-29(8-2)12-16-22-25(33)24(32)21-17-9-10-19(36-14-30)27(17,4)11-18(37-15(3)31)23(21)28(22,5)20(13-35-6)38-26(16)34/h12,14,17-20,33H,7-11,13H2,1-6H3/t17?,18-,19+,20-,27+,28+/m1/s1. The Morgan fingerprint density at radius 2 is 1.89 bits per heavy atom. The van der Waals surface area contributed by atoms with Crippen molar-refractivity contribution in [1.29, 1.82) is 0 Å². The molecule has 0 amide bonds. The maximum atomic E-state index is 14.0. The molecule has 0 spiro atoms. The van der Waals surface area contributed by atoms with Crippen molar-refractivity contribution in [3.8, 4) is 0 Å². The first-order valence-electron chi connectivity index (χ1n) is 13.1. The second kappa shape index (κ2) is 10.2. The highest BCUT2D eigenvalue weighted by Gasteiger charge is 2.65. The van der Waals surface area contributed by atoms with E-state index in [-0.39, 0.29) is 23.7 Å². The van der Waals surface area contributed by atoms with Gasteiger partial charge in [0.15, 0.2) is 5.76 Å². The number of nitrogens with zero attached hydrogens (tertiary/aromatic N) is 1. The first kappa shape index (κ1) is 27.9. The van der Waals surface area contributed by atoms with E-state index in [2.05, 4.69) is 0 Å². The summed E-state index contributed by atoms with van der Waals surface area (Å²) in [6.45, 7) is 10.5. The van der Waals surface area contributed by atoms with Crippen LogP contribution in [0, 0.1) is 16.7 Å². The molecule has 0 bridgehead atoms. The Morgan fingerprint density at radius 1 is 1.21 bits per heavy atom. The van der Waals surface area contributed by atoms with Gasteiger partial charge in [0.25, 0.3) is 6.47 Å². The van der Waals surface area contributed by atoms with E-state index in [4.69, 9.17) is 18.9 Å². The number of methoxy groups -OCH3 is 1. The molecule has 1 saturated heterocycles. The largest absolute Gasteiger partial charge is 0.504 e. The van der Waals surface area contributed by atoms with Crippen LogP contribution in [0.2, 0.25) is 0 Å². The topological polar surface area (TPSA) is 129 Å². The van der Waals surface area contributed by atoms with Crippen molar-refractivity contribution in [3.63, 3.8) is 0 Å². The van der Waals surface area contributed by atoms with Gasteiger partial charge >= 0.3 is 11.9 Å². The summed E-state index contributed by atoms with van der Waals surface area (Å²) < 4.78 is 22.6. The fraction of sp³-hybridized carbons (Fsp3) is 0.643. The van der Waals surface area contributed by atoms with Crippen LogP contribution in [-0.2, 0) is 38.1 Å². The normalized spacial score (nSPS) is 35.4. The number of ether oxygens (including phenoxy) is 4. The maximum absolute atomic E-state index is 14.0. The lowest BCUT2D eigenvalue weighted by atomic mass is 9.53. The predicted molar refractivity (Wildman–Crippen MR) is 134 cm³/mol. The Bertz CT molecular complexity index is 1130. The predicted octanol–water partition coefficient (Wildman–Crippen LogP) is 2.77. The zero-order chi connectivity index (χ0) is 28.0. The number of aliphatic hydroxyl groups is 1. The molecule has 1 N–H and O–H groups in total. The quantitative estimate of drug-likeness (QED) is 0.216. The first-order chi connectivity index (χ1) is 18.0. The molecule has 10 heteroatoms. The number of cyclic esters (lactones) is 1. The van der Waals surface area contributed by atoms with Gasteiger partial charge in [-0.3, -0.25) is 14.4 Å². The van der Waals surface area contributed by atoms with Crippen LogP contribution in [0.25, 0.3) is 0 Å². The summed E-state index contributed by atoms with van der Waals surface area (Å²) in [5.41, 5.74) is -0.825. The number of esters is 2. The number of rotatable bonds is 8. The van der Waals surface area contributed by atoms with E-state index in [1.165, 1.54) is 14.0 Å². The highest BCUT2D eigenvalue weighted by molar-refractivity contribution is 6.13. The zero-order valence-electron chi connectivity index (χ0n) is 22.9. The molecule has 1 aliphatic heterocycles. The SMILES string of the molecule is CCN(C=C1C(=O)O[C@H](COC)[C@@]2(C)C1=C(O)C(=O)C1=C2[C@H](OC(C)=O)C[C@@]2(C)C1CC[C@@H]2OC=O)CC. The number of hydrogen-bond donors (Lipinski definition) is 1. The van der Waals surface area contributed by atoms with E-state index < -0.39 is 52.6 Å². The number of hydrogen-bond acceptors (Lipinski definition) is 10. The van der Waals surface area contributed by atoms with E-state index in [1.807, 2.05) is 25.7 Å². The lowest BCUT2D eigenvalue weighted by Gasteiger charge is -2.54. The van der Waals surface area contributed by atoms with Crippen LogP contribution in [-0.4, -0.2) is 79.3 Å². The minimum atomic E-state index is -1.22. The molecule has 4 aliphatic rings. The van der Waals surface area contributed by atoms with Crippen molar-refractivity contribution in [2.45, 2.75) is 72.2 Å². The van der Waals surface area contributed by atoms with Gasteiger partial charge < -0.3 is 29.0 Å². The van der Waals surface area contributed by atoms with Crippen molar-refractivity contribution in [1.82, 2.24) is 4.90 Å². The molecular weight excluding hydrogens is 494 g/mol. The van der Waals surface area contributed by atoms with Gasteiger partial charge in [0.05, 0.1) is 17.6 Å². The van der Waals surface area contributed by atoms with Gasteiger partial charge in [0, 0.05) is 49.9 Å². The molecule has 6 atom stereocenters. The van der Waals surface area contributed by atoms with Crippen LogP contribution in [0.3, 0.4) is 0 Å². The lowest BCUT2D eigenvalue weighted by Crippen LogP contribution is -2.57. The minimum absolute atomic E-state index is 0.00581. The third kappa shape index (κ3) is 4.04. The maximum Gasteiger partial charge on any atom is 0.340 e. The van der Waals surface area contributed by atoms with Crippen molar-refractivity contribution < 1.29 is 43.2 Å². The highest BCUT2D eigenvalue weighted by atomic mass is 16.6. The lowest BCUT2D eigenvalue weighted by molar-refractivity contribution is -0.161. The van der Waals surface area contributed by atoms with Gasteiger partial charge in [0.1, 0.15) is 18.3 Å². The minimum Gasteiger partial charge on any atom is -0.504 e. The summed E-state index contributed by atoms with van der Waals surface area (Å²) in [6, 6.07) is 0. The van der Waals surface area contributed by atoms with Crippen LogP contribution in [0.15, 0.2) is 34.3 Å². The molecule has 1 unspecified atom stereocenters. The molecule has 1 saturated carbocycles. The molecule has 10 nitrogen and oxygen atoms in total. The fourth-order valence-corrected chi connectivity index (χ4v) is 7.13. The summed E-state index contributed by atoms with van der Waals surface area (Å²) in [4.78, 5) is 52.8. The third-order valence-electron chi connectivity index (χ3n) is 8.96. The highest BCUT2D eigenvalue weighted by Crippen LogP contribution is 2.63. The molecule has 2 fully saturated rings. The van der Waals surface area contributed by atoms with Crippen LogP contribution in [0.1, 0.15) is 53.9 Å². The average molecular weight is 532 g/mol. The second-order valence-corrected chi connectivity index (χ2v) is 10.9. The number of allylic oxidation sites excluding steroid dienone is 1. The monoisotopic (exact) mass is 531 g/mol. The van der Waals surface area contributed by atoms with Gasteiger partial charge in [-0.15, -0.1) is 0 Å². The summed E-state index contributed by atoms with van der Waals surface area (Å²) in [5.74, 6) is -2.70. The molecule has 4 rings (SSSR count). The number of ketones is 1. The molecule has 0 aromatic heterocycles. The van der Waals surface area contributed by atoms with Crippen LogP contribution < -0.4 is 0 Å². The number of carbonyl (C=O) groups excluding carboxylic acids is 4. The summed E-state index contributed by atoms with van der Waals surface area (Å²) in [7, 11) is 1.48. The molecule has 3 aliphatic carbocycles.